The zero-order valence-electron chi connectivity index (χ0n) is 7.88. The largest absolute Gasteiger partial charge is 0.391 e. The van der Waals surface area contributed by atoms with Gasteiger partial charge in [-0.15, -0.1) is 0 Å². The van der Waals surface area contributed by atoms with E-state index in [1.807, 2.05) is 7.05 Å². The van der Waals surface area contributed by atoms with Gasteiger partial charge in [-0.05, 0) is 36.7 Å². The first-order valence-corrected chi connectivity index (χ1v) is 4.86. The summed E-state index contributed by atoms with van der Waals surface area (Å²) < 4.78 is 0. The van der Waals surface area contributed by atoms with Crippen molar-refractivity contribution in [3.63, 3.8) is 0 Å². The van der Waals surface area contributed by atoms with Gasteiger partial charge in [0.05, 0.1) is 0 Å². The quantitative estimate of drug-likeness (QED) is 0.625. The lowest BCUT2D eigenvalue weighted by Gasteiger charge is -2.41. The summed E-state index contributed by atoms with van der Waals surface area (Å²) in [7, 11) is 2.02. The predicted octanol–water partition coefficient (Wildman–Crippen LogP) is 2.32. The average Bonchev–Trinajstić information content (AvgIpc) is 2.23. The first-order chi connectivity index (χ1) is 5.81. The molecule has 1 saturated carbocycles. The molecule has 0 aromatic carbocycles. The van der Waals surface area contributed by atoms with E-state index in [9.17, 15) is 0 Å². The second-order valence-electron chi connectivity index (χ2n) is 4.07. The van der Waals surface area contributed by atoms with E-state index in [0.29, 0.717) is 0 Å². The van der Waals surface area contributed by atoms with Crippen molar-refractivity contribution >= 4 is 0 Å². The van der Waals surface area contributed by atoms with E-state index in [1.165, 1.54) is 18.5 Å². The molecule has 0 radical (unpaired) electrons. The lowest BCUT2D eigenvalue weighted by molar-refractivity contribution is 0.125. The zero-order valence-corrected chi connectivity index (χ0v) is 7.88. The molecule has 0 aromatic heterocycles. The SMILES string of the molecule is CNC1=CC=CC2CC(C)C2C1. The van der Waals surface area contributed by atoms with Gasteiger partial charge >= 0.3 is 0 Å². The number of hydrogen-bond acceptors (Lipinski definition) is 1. The molecule has 3 unspecified atom stereocenters. The fourth-order valence-corrected chi connectivity index (χ4v) is 2.40. The van der Waals surface area contributed by atoms with Gasteiger partial charge in [0.1, 0.15) is 0 Å². The van der Waals surface area contributed by atoms with Crippen LogP contribution >= 0.6 is 0 Å². The van der Waals surface area contributed by atoms with Crippen molar-refractivity contribution in [3.8, 4) is 0 Å². The molecular formula is C11H17N. The molecule has 0 spiro atoms. The molecule has 12 heavy (non-hydrogen) atoms. The Kier molecular flexibility index (Phi) is 1.95. The van der Waals surface area contributed by atoms with Gasteiger partial charge in [-0.2, -0.15) is 0 Å². The number of hydrogen-bond donors (Lipinski definition) is 1. The van der Waals surface area contributed by atoms with Crippen LogP contribution in [0.4, 0.5) is 0 Å². The van der Waals surface area contributed by atoms with Crippen molar-refractivity contribution in [2.45, 2.75) is 19.8 Å². The Morgan fingerprint density at radius 2 is 2.33 bits per heavy atom. The minimum absolute atomic E-state index is 0.863. The van der Waals surface area contributed by atoms with Crippen molar-refractivity contribution in [1.82, 2.24) is 5.32 Å². The van der Waals surface area contributed by atoms with Gasteiger partial charge in [-0.25, -0.2) is 0 Å². The van der Waals surface area contributed by atoms with Crippen LogP contribution in [0.3, 0.4) is 0 Å². The summed E-state index contributed by atoms with van der Waals surface area (Å²) in [6, 6.07) is 0. The van der Waals surface area contributed by atoms with Crippen LogP contribution in [0.5, 0.6) is 0 Å². The Bertz CT molecular complexity index is 227. The highest BCUT2D eigenvalue weighted by atomic mass is 14.8. The molecule has 0 amide bonds. The fourth-order valence-electron chi connectivity index (χ4n) is 2.40. The maximum Gasteiger partial charge on any atom is 0.0107 e. The van der Waals surface area contributed by atoms with Crippen LogP contribution in [0.1, 0.15) is 19.8 Å². The van der Waals surface area contributed by atoms with Crippen molar-refractivity contribution in [2.75, 3.05) is 7.05 Å². The second kappa shape index (κ2) is 2.96. The molecule has 1 fully saturated rings. The van der Waals surface area contributed by atoms with Crippen molar-refractivity contribution < 1.29 is 0 Å². The molecule has 1 N–H and O–H groups in total. The van der Waals surface area contributed by atoms with Crippen molar-refractivity contribution in [1.29, 1.82) is 0 Å². The van der Waals surface area contributed by atoms with Gasteiger partial charge in [0.25, 0.3) is 0 Å². The highest BCUT2D eigenvalue weighted by Gasteiger charge is 2.36. The molecule has 0 bridgehead atoms. The topological polar surface area (TPSA) is 12.0 Å². The maximum atomic E-state index is 3.26. The zero-order chi connectivity index (χ0) is 8.55. The first kappa shape index (κ1) is 7.90. The van der Waals surface area contributed by atoms with E-state index in [2.05, 4.69) is 30.5 Å². The third-order valence-corrected chi connectivity index (χ3v) is 3.36. The fraction of sp³-hybridized carbons (Fsp3) is 0.636. The van der Waals surface area contributed by atoms with Gasteiger partial charge < -0.3 is 5.32 Å². The Morgan fingerprint density at radius 1 is 1.50 bits per heavy atom. The number of nitrogens with one attached hydrogen (secondary N) is 1. The van der Waals surface area contributed by atoms with E-state index in [0.717, 1.165) is 17.8 Å². The second-order valence-corrected chi connectivity index (χ2v) is 4.07. The van der Waals surface area contributed by atoms with Crippen LogP contribution in [0.25, 0.3) is 0 Å². The lowest BCUT2D eigenvalue weighted by atomic mass is 9.64. The van der Waals surface area contributed by atoms with Crippen LogP contribution in [0, 0.1) is 17.8 Å². The van der Waals surface area contributed by atoms with E-state index in [1.54, 1.807) is 0 Å². The average molecular weight is 163 g/mol. The van der Waals surface area contributed by atoms with Crippen molar-refractivity contribution in [2.24, 2.45) is 17.8 Å². The third kappa shape index (κ3) is 1.17. The minimum Gasteiger partial charge on any atom is -0.391 e. The van der Waals surface area contributed by atoms with Crippen LogP contribution in [-0.4, -0.2) is 7.05 Å². The van der Waals surface area contributed by atoms with Crippen LogP contribution in [-0.2, 0) is 0 Å². The molecule has 0 heterocycles. The molecule has 2 rings (SSSR count). The summed E-state index contributed by atoms with van der Waals surface area (Å²) in [6.45, 7) is 2.37. The highest BCUT2D eigenvalue weighted by Crippen LogP contribution is 2.45. The maximum absolute atomic E-state index is 3.26. The summed E-state index contributed by atoms with van der Waals surface area (Å²) in [6.07, 6.45) is 9.43. The molecule has 2 aliphatic rings. The van der Waals surface area contributed by atoms with Gasteiger partial charge in [-0.1, -0.05) is 19.1 Å². The Balaban J connectivity index is 2.09. The summed E-state index contributed by atoms with van der Waals surface area (Å²) >= 11 is 0. The summed E-state index contributed by atoms with van der Waals surface area (Å²) in [5.74, 6) is 2.69. The third-order valence-electron chi connectivity index (χ3n) is 3.36. The predicted molar refractivity (Wildman–Crippen MR) is 51.7 cm³/mol. The normalized spacial score (nSPS) is 39.2. The summed E-state index contributed by atoms with van der Waals surface area (Å²) in [5.41, 5.74) is 1.39. The summed E-state index contributed by atoms with van der Waals surface area (Å²) in [4.78, 5) is 0. The Labute approximate surface area is 74.5 Å². The van der Waals surface area contributed by atoms with Gasteiger partial charge in [0, 0.05) is 12.7 Å². The molecule has 66 valence electrons. The van der Waals surface area contributed by atoms with E-state index in [-0.39, 0.29) is 0 Å². The van der Waals surface area contributed by atoms with Crippen LogP contribution in [0.2, 0.25) is 0 Å². The van der Waals surface area contributed by atoms with E-state index >= 15 is 0 Å². The molecule has 0 aliphatic heterocycles. The van der Waals surface area contributed by atoms with Gasteiger partial charge in [0.15, 0.2) is 0 Å². The first-order valence-electron chi connectivity index (χ1n) is 4.86. The number of rotatable bonds is 1. The van der Waals surface area contributed by atoms with Gasteiger partial charge in [-0.3, -0.25) is 0 Å². The molecule has 0 aromatic rings. The van der Waals surface area contributed by atoms with Gasteiger partial charge in [0.2, 0.25) is 0 Å². The molecule has 1 nitrogen and oxygen atoms in total. The molecule has 1 heteroatoms. The van der Waals surface area contributed by atoms with E-state index in [4.69, 9.17) is 0 Å². The smallest absolute Gasteiger partial charge is 0.0107 e. The number of allylic oxidation sites excluding steroid dienone is 4. The van der Waals surface area contributed by atoms with E-state index < -0.39 is 0 Å². The molecule has 0 saturated heterocycles. The van der Waals surface area contributed by atoms with Crippen molar-refractivity contribution in [3.05, 3.63) is 23.9 Å². The minimum atomic E-state index is 0.863. The molecule has 3 atom stereocenters. The monoisotopic (exact) mass is 163 g/mol. The summed E-state index contributed by atoms with van der Waals surface area (Å²) in [5, 5.41) is 3.26. The Hall–Kier alpha value is -0.720. The van der Waals surface area contributed by atoms with Crippen LogP contribution < -0.4 is 5.32 Å². The lowest BCUT2D eigenvalue weighted by Crippen LogP contribution is -2.34. The standard InChI is InChI=1S/C11H17N/c1-8-6-9-4-3-5-10(12-2)7-11(8)9/h3-5,8-9,11-12H,6-7H2,1-2H3. The molecular weight excluding hydrogens is 146 g/mol. The highest BCUT2D eigenvalue weighted by molar-refractivity contribution is 5.19. The number of fused-ring (bicyclic) bond motifs is 1. The molecule has 2 aliphatic carbocycles. The Morgan fingerprint density at radius 3 is 3.00 bits per heavy atom. The van der Waals surface area contributed by atoms with Crippen LogP contribution in [0.15, 0.2) is 23.9 Å².